The van der Waals surface area contributed by atoms with Crippen LogP contribution in [0.3, 0.4) is 0 Å². The van der Waals surface area contributed by atoms with Crippen LogP contribution in [0.4, 0.5) is 5.69 Å². The monoisotopic (exact) mass is 485 g/mol. The molecule has 35 heavy (non-hydrogen) atoms. The fourth-order valence-corrected chi connectivity index (χ4v) is 4.12. The number of ether oxygens (including phenoxy) is 3. The summed E-state index contributed by atoms with van der Waals surface area (Å²) in [4.78, 5) is 37.5. The molecular formula is C25H35N5O5. The van der Waals surface area contributed by atoms with E-state index in [9.17, 15) is 9.59 Å². The highest BCUT2D eigenvalue weighted by Gasteiger charge is 2.28. The summed E-state index contributed by atoms with van der Waals surface area (Å²) in [7, 11) is 4.89. The summed E-state index contributed by atoms with van der Waals surface area (Å²) in [6, 6.07) is 5.06. The second kappa shape index (κ2) is 12.6. The summed E-state index contributed by atoms with van der Waals surface area (Å²) >= 11 is 0. The molecule has 1 aromatic carbocycles. The Hall–Kier alpha value is -3.08. The highest BCUT2D eigenvalue weighted by molar-refractivity contribution is 5.98. The third-order valence-corrected chi connectivity index (χ3v) is 6.13. The molecule has 0 unspecified atom stereocenters. The number of nitrogens with zero attached hydrogens (tertiary/aromatic N) is 4. The molecule has 2 amide bonds. The standard InChI is InChI=1S/C25H35N5O5/c1-17-11-30(12-19-9-26-16-27-10-19)18(2)14-35-22-8-20(28-24(31)15-33-4)6-7-21(22)25(32)29(3)13-23(17)34-5/h6-10,16-18,23H,11-15H2,1-5H3,(H,28,31)/t17-,18-,23-/m1/s1. The lowest BCUT2D eigenvalue weighted by Crippen LogP contribution is -2.46. The smallest absolute Gasteiger partial charge is 0.257 e. The molecule has 2 heterocycles. The van der Waals surface area contributed by atoms with Gasteiger partial charge < -0.3 is 24.4 Å². The molecule has 1 N–H and O–H groups in total. The minimum absolute atomic E-state index is 0.0157. The van der Waals surface area contributed by atoms with Crippen LogP contribution in [0.5, 0.6) is 5.75 Å². The normalized spacial score (nSPS) is 21.9. The molecule has 10 heteroatoms. The van der Waals surface area contributed by atoms with E-state index >= 15 is 0 Å². The predicted molar refractivity (Wildman–Crippen MR) is 131 cm³/mol. The van der Waals surface area contributed by atoms with E-state index in [0.717, 1.165) is 12.1 Å². The zero-order chi connectivity index (χ0) is 25.4. The Bertz CT molecular complexity index is 989. The number of hydrogen-bond donors (Lipinski definition) is 1. The van der Waals surface area contributed by atoms with Gasteiger partial charge in [0.15, 0.2) is 0 Å². The van der Waals surface area contributed by atoms with Crippen molar-refractivity contribution in [2.75, 3.05) is 52.9 Å². The van der Waals surface area contributed by atoms with E-state index in [1.165, 1.54) is 13.4 Å². The second-order valence-corrected chi connectivity index (χ2v) is 8.97. The van der Waals surface area contributed by atoms with Gasteiger partial charge in [0.1, 0.15) is 25.3 Å². The SMILES string of the molecule is COCC(=O)Nc1ccc2c(c1)OC[C@@H](C)N(Cc1cncnc1)C[C@@H](C)[C@H](OC)CN(C)C2=O. The van der Waals surface area contributed by atoms with Gasteiger partial charge in [-0.15, -0.1) is 0 Å². The van der Waals surface area contributed by atoms with Crippen molar-refractivity contribution >= 4 is 17.5 Å². The highest BCUT2D eigenvalue weighted by Crippen LogP contribution is 2.27. The van der Waals surface area contributed by atoms with E-state index in [1.54, 1.807) is 37.3 Å². The van der Waals surface area contributed by atoms with Crippen LogP contribution in [-0.4, -0.2) is 91.3 Å². The average molecular weight is 486 g/mol. The van der Waals surface area contributed by atoms with Gasteiger partial charge in [-0.05, 0) is 25.0 Å². The molecule has 0 aliphatic carbocycles. The molecule has 0 saturated carbocycles. The van der Waals surface area contributed by atoms with Gasteiger partial charge in [0.05, 0.1) is 11.7 Å². The number of rotatable bonds is 6. The van der Waals surface area contributed by atoms with Crippen LogP contribution < -0.4 is 10.1 Å². The minimum atomic E-state index is -0.286. The maximum atomic E-state index is 13.3. The Morgan fingerprint density at radius 3 is 2.63 bits per heavy atom. The van der Waals surface area contributed by atoms with Gasteiger partial charge in [-0.2, -0.15) is 0 Å². The first-order valence-electron chi connectivity index (χ1n) is 11.6. The Morgan fingerprint density at radius 1 is 1.20 bits per heavy atom. The molecule has 0 bridgehead atoms. The summed E-state index contributed by atoms with van der Waals surface area (Å²) < 4.78 is 16.9. The molecule has 3 rings (SSSR count). The zero-order valence-corrected chi connectivity index (χ0v) is 21.1. The van der Waals surface area contributed by atoms with Gasteiger partial charge in [0.25, 0.3) is 5.91 Å². The van der Waals surface area contributed by atoms with Gasteiger partial charge in [-0.25, -0.2) is 9.97 Å². The summed E-state index contributed by atoms with van der Waals surface area (Å²) in [6.45, 7) is 6.31. The fraction of sp³-hybridized carbons (Fsp3) is 0.520. The van der Waals surface area contributed by atoms with Crippen LogP contribution in [0.2, 0.25) is 0 Å². The van der Waals surface area contributed by atoms with Crippen molar-refractivity contribution in [1.29, 1.82) is 0 Å². The Labute approximate surface area is 206 Å². The largest absolute Gasteiger partial charge is 0.491 e. The van der Waals surface area contributed by atoms with Crippen LogP contribution in [-0.2, 0) is 20.8 Å². The predicted octanol–water partition coefficient (Wildman–Crippen LogP) is 2.07. The molecule has 1 aromatic heterocycles. The van der Waals surface area contributed by atoms with Crippen molar-refractivity contribution in [3.05, 3.63) is 48.0 Å². The van der Waals surface area contributed by atoms with E-state index in [1.807, 2.05) is 12.4 Å². The number of benzene rings is 1. The van der Waals surface area contributed by atoms with Crippen molar-refractivity contribution in [2.45, 2.75) is 32.5 Å². The maximum Gasteiger partial charge on any atom is 0.257 e. The first kappa shape index (κ1) is 26.5. The van der Waals surface area contributed by atoms with Gasteiger partial charge in [0, 0.05) is 76.7 Å². The number of likely N-dealkylation sites (N-methyl/N-ethyl adjacent to an activating group) is 1. The molecule has 0 saturated heterocycles. The maximum absolute atomic E-state index is 13.3. The third kappa shape index (κ3) is 7.20. The number of nitrogens with one attached hydrogen (secondary N) is 1. The van der Waals surface area contributed by atoms with Crippen molar-refractivity contribution < 1.29 is 23.8 Å². The summed E-state index contributed by atoms with van der Waals surface area (Å²) in [5.74, 6) is 0.107. The fourth-order valence-electron chi connectivity index (χ4n) is 4.12. The Balaban J connectivity index is 1.92. The van der Waals surface area contributed by atoms with E-state index in [0.29, 0.717) is 36.7 Å². The van der Waals surface area contributed by atoms with E-state index < -0.39 is 0 Å². The van der Waals surface area contributed by atoms with Gasteiger partial charge in [0.2, 0.25) is 5.91 Å². The van der Waals surface area contributed by atoms with Gasteiger partial charge >= 0.3 is 0 Å². The number of methoxy groups -OCH3 is 2. The van der Waals surface area contributed by atoms with Crippen LogP contribution in [0, 0.1) is 5.92 Å². The van der Waals surface area contributed by atoms with Crippen molar-refractivity contribution in [1.82, 2.24) is 19.8 Å². The van der Waals surface area contributed by atoms with E-state index in [2.05, 4.69) is 34.0 Å². The van der Waals surface area contributed by atoms with E-state index in [-0.39, 0.29) is 36.5 Å². The number of anilines is 1. The van der Waals surface area contributed by atoms with Crippen molar-refractivity contribution in [2.24, 2.45) is 5.92 Å². The Kier molecular flexibility index (Phi) is 9.53. The molecule has 0 fully saturated rings. The van der Waals surface area contributed by atoms with Crippen molar-refractivity contribution in [3.63, 3.8) is 0 Å². The first-order valence-corrected chi connectivity index (χ1v) is 11.6. The molecule has 10 nitrogen and oxygen atoms in total. The van der Waals surface area contributed by atoms with Crippen LogP contribution in [0.25, 0.3) is 0 Å². The van der Waals surface area contributed by atoms with E-state index in [4.69, 9.17) is 14.2 Å². The number of carbonyl (C=O) groups is 2. The molecule has 2 aromatic rings. The summed E-state index contributed by atoms with van der Waals surface area (Å²) in [5, 5.41) is 2.77. The number of hydrogen-bond acceptors (Lipinski definition) is 8. The van der Waals surface area contributed by atoms with Crippen LogP contribution in [0.1, 0.15) is 29.8 Å². The zero-order valence-electron chi connectivity index (χ0n) is 21.1. The number of aromatic nitrogens is 2. The molecule has 0 spiro atoms. The Morgan fingerprint density at radius 2 is 1.94 bits per heavy atom. The lowest BCUT2D eigenvalue weighted by molar-refractivity contribution is -0.119. The average Bonchev–Trinajstić information content (AvgIpc) is 2.85. The molecule has 3 atom stereocenters. The molecule has 1 aliphatic heterocycles. The lowest BCUT2D eigenvalue weighted by atomic mass is 10.0. The summed E-state index contributed by atoms with van der Waals surface area (Å²) in [5.41, 5.74) is 1.96. The lowest BCUT2D eigenvalue weighted by Gasteiger charge is -2.36. The number of amides is 2. The molecular weight excluding hydrogens is 450 g/mol. The highest BCUT2D eigenvalue weighted by atomic mass is 16.5. The first-order chi connectivity index (χ1) is 16.8. The summed E-state index contributed by atoms with van der Waals surface area (Å²) in [6.07, 6.45) is 4.99. The van der Waals surface area contributed by atoms with Gasteiger partial charge in [-0.3, -0.25) is 14.5 Å². The van der Waals surface area contributed by atoms with Crippen molar-refractivity contribution in [3.8, 4) is 5.75 Å². The number of fused-ring (bicyclic) bond motifs is 1. The molecule has 1 aliphatic rings. The topological polar surface area (TPSA) is 106 Å². The second-order valence-electron chi connectivity index (χ2n) is 8.97. The quantitative estimate of drug-likeness (QED) is 0.663. The number of carbonyl (C=O) groups excluding carboxylic acids is 2. The van der Waals surface area contributed by atoms with Crippen LogP contribution in [0.15, 0.2) is 36.9 Å². The van der Waals surface area contributed by atoms with Crippen LogP contribution >= 0.6 is 0 Å². The van der Waals surface area contributed by atoms with Gasteiger partial charge in [-0.1, -0.05) is 6.92 Å². The third-order valence-electron chi connectivity index (χ3n) is 6.13. The minimum Gasteiger partial charge on any atom is -0.491 e. The molecule has 190 valence electrons. The molecule has 0 radical (unpaired) electrons.